The number of rotatable bonds is 6. The van der Waals surface area contributed by atoms with E-state index in [1.54, 1.807) is 4.90 Å². The Kier molecular flexibility index (Phi) is 5.21. The van der Waals surface area contributed by atoms with Crippen LogP contribution in [-0.2, 0) is 14.3 Å². The standard InChI is InChI=1S/C10H17FN2O3/c1-3-15-7-12-5-9(11)10(14)13(6-12)8-16-4-2/h5H,3-4,6-8H2,1-2H3. The van der Waals surface area contributed by atoms with Crippen LogP contribution >= 0.6 is 0 Å². The van der Waals surface area contributed by atoms with Crippen molar-refractivity contribution in [2.75, 3.05) is 33.3 Å². The molecule has 5 nitrogen and oxygen atoms in total. The van der Waals surface area contributed by atoms with Gasteiger partial charge in [-0.1, -0.05) is 0 Å². The lowest BCUT2D eigenvalue weighted by Gasteiger charge is -2.32. The zero-order chi connectivity index (χ0) is 12.0. The maximum Gasteiger partial charge on any atom is 0.287 e. The molecule has 0 aromatic rings. The molecule has 0 atom stereocenters. The Balaban J connectivity index is 2.54. The fourth-order valence-electron chi connectivity index (χ4n) is 1.28. The molecule has 0 radical (unpaired) electrons. The molecule has 0 saturated heterocycles. The summed E-state index contributed by atoms with van der Waals surface area (Å²) in [6.45, 7) is 5.35. The Bertz CT molecular complexity index is 271. The van der Waals surface area contributed by atoms with E-state index in [0.717, 1.165) is 0 Å². The van der Waals surface area contributed by atoms with Crippen LogP contribution in [0.2, 0.25) is 0 Å². The Morgan fingerprint density at radius 1 is 1.31 bits per heavy atom. The lowest BCUT2D eigenvalue weighted by Crippen LogP contribution is -2.45. The molecule has 0 aliphatic carbocycles. The van der Waals surface area contributed by atoms with Crippen LogP contribution in [0.4, 0.5) is 4.39 Å². The summed E-state index contributed by atoms with van der Waals surface area (Å²) in [7, 11) is 0. The van der Waals surface area contributed by atoms with Crippen molar-refractivity contribution in [3.05, 3.63) is 12.0 Å². The van der Waals surface area contributed by atoms with Gasteiger partial charge in [-0.25, -0.2) is 0 Å². The fraction of sp³-hybridized carbons (Fsp3) is 0.700. The minimum Gasteiger partial charge on any atom is -0.361 e. The number of halogens is 1. The van der Waals surface area contributed by atoms with Crippen molar-refractivity contribution < 1.29 is 18.7 Å². The molecule has 1 aliphatic heterocycles. The molecule has 0 aromatic heterocycles. The average Bonchev–Trinajstić information content (AvgIpc) is 2.28. The first-order valence-electron chi connectivity index (χ1n) is 5.25. The number of hydrogen-bond acceptors (Lipinski definition) is 4. The summed E-state index contributed by atoms with van der Waals surface area (Å²) in [5, 5.41) is 0. The largest absolute Gasteiger partial charge is 0.361 e. The Labute approximate surface area is 94.4 Å². The lowest BCUT2D eigenvalue weighted by molar-refractivity contribution is -0.140. The minimum absolute atomic E-state index is 0.0964. The van der Waals surface area contributed by atoms with Crippen LogP contribution in [0.25, 0.3) is 0 Å². The summed E-state index contributed by atoms with van der Waals surface area (Å²) in [6, 6.07) is 0. The highest BCUT2D eigenvalue weighted by molar-refractivity contribution is 5.91. The van der Waals surface area contributed by atoms with Crippen molar-refractivity contribution in [1.82, 2.24) is 9.80 Å². The summed E-state index contributed by atoms with van der Waals surface area (Å²) in [6.07, 6.45) is 1.17. The van der Waals surface area contributed by atoms with Crippen molar-refractivity contribution in [3.8, 4) is 0 Å². The van der Waals surface area contributed by atoms with Crippen LogP contribution in [0.1, 0.15) is 13.8 Å². The molecule has 6 heteroatoms. The Morgan fingerprint density at radius 2 is 1.94 bits per heavy atom. The van der Waals surface area contributed by atoms with E-state index in [4.69, 9.17) is 9.47 Å². The third-order valence-corrected chi connectivity index (χ3v) is 2.05. The molecule has 1 heterocycles. The fourth-order valence-corrected chi connectivity index (χ4v) is 1.28. The normalized spacial score (nSPS) is 16.7. The first kappa shape index (κ1) is 12.9. The molecular weight excluding hydrogens is 215 g/mol. The number of ether oxygens (including phenoxy) is 2. The number of carbonyl (C=O) groups excluding carboxylic acids is 1. The zero-order valence-corrected chi connectivity index (χ0v) is 9.61. The number of nitrogens with zero attached hydrogens (tertiary/aromatic N) is 2. The molecule has 0 unspecified atom stereocenters. The molecule has 16 heavy (non-hydrogen) atoms. The van der Waals surface area contributed by atoms with Gasteiger partial charge in [0.1, 0.15) is 13.5 Å². The zero-order valence-electron chi connectivity index (χ0n) is 9.61. The van der Waals surface area contributed by atoms with E-state index < -0.39 is 11.7 Å². The topological polar surface area (TPSA) is 42.0 Å². The smallest absolute Gasteiger partial charge is 0.287 e. The molecular formula is C10H17FN2O3. The molecule has 0 aromatic carbocycles. The molecule has 92 valence electrons. The van der Waals surface area contributed by atoms with Crippen LogP contribution in [0.3, 0.4) is 0 Å². The molecule has 1 aliphatic rings. The first-order valence-corrected chi connectivity index (χ1v) is 5.25. The third-order valence-electron chi connectivity index (χ3n) is 2.05. The maximum absolute atomic E-state index is 13.2. The van der Waals surface area contributed by atoms with E-state index in [1.807, 2.05) is 13.8 Å². The van der Waals surface area contributed by atoms with Crippen molar-refractivity contribution in [2.45, 2.75) is 13.8 Å². The second-order valence-corrected chi connectivity index (χ2v) is 3.30. The molecule has 1 rings (SSSR count). The van der Waals surface area contributed by atoms with Gasteiger partial charge in [0.2, 0.25) is 5.83 Å². The molecule has 0 N–H and O–H groups in total. The quantitative estimate of drug-likeness (QED) is 0.682. The van der Waals surface area contributed by atoms with E-state index in [0.29, 0.717) is 13.2 Å². The molecule has 0 spiro atoms. The summed E-state index contributed by atoms with van der Waals surface area (Å²) >= 11 is 0. The van der Waals surface area contributed by atoms with Crippen molar-refractivity contribution in [1.29, 1.82) is 0 Å². The summed E-state index contributed by atoms with van der Waals surface area (Å²) in [5.74, 6) is -1.42. The highest BCUT2D eigenvalue weighted by atomic mass is 19.1. The average molecular weight is 232 g/mol. The van der Waals surface area contributed by atoms with E-state index in [1.165, 1.54) is 11.1 Å². The van der Waals surface area contributed by atoms with Gasteiger partial charge in [0, 0.05) is 19.4 Å². The Hall–Kier alpha value is -1.14. The summed E-state index contributed by atoms with van der Waals surface area (Å²) in [4.78, 5) is 14.3. The van der Waals surface area contributed by atoms with Crippen LogP contribution in [-0.4, -0.2) is 49.1 Å². The van der Waals surface area contributed by atoms with E-state index in [-0.39, 0.29) is 20.1 Å². The van der Waals surface area contributed by atoms with Gasteiger partial charge in [-0.3, -0.25) is 9.69 Å². The van der Waals surface area contributed by atoms with Gasteiger partial charge < -0.3 is 14.4 Å². The van der Waals surface area contributed by atoms with Gasteiger partial charge in [-0.15, -0.1) is 0 Å². The minimum atomic E-state index is -0.786. The highest BCUT2D eigenvalue weighted by Crippen LogP contribution is 2.13. The van der Waals surface area contributed by atoms with Crippen molar-refractivity contribution >= 4 is 5.91 Å². The third kappa shape index (κ3) is 3.46. The second-order valence-electron chi connectivity index (χ2n) is 3.30. The molecule has 0 saturated carbocycles. The van der Waals surface area contributed by atoms with Gasteiger partial charge in [0.05, 0.1) is 6.67 Å². The van der Waals surface area contributed by atoms with Gasteiger partial charge in [-0.05, 0) is 13.8 Å². The predicted molar refractivity (Wildman–Crippen MR) is 55.7 cm³/mol. The van der Waals surface area contributed by atoms with Gasteiger partial charge in [0.25, 0.3) is 5.91 Å². The highest BCUT2D eigenvalue weighted by Gasteiger charge is 2.25. The van der Waals surface area contributed by atoms with E-state index in [2.05, 4.69) is 0 Å². The number of amides is 1. The van der Waals surface area contributed by atoms with E-state index in [9.17, 15) is 9.18 Å². The van der Waals surface area contributed by atoms with Crippen LogP contribution in [0.5, 0.6) is 0 Å². The summed E-state index contributed by atoms with van der Waals surface area (Å²) in [5.41, 5.74) is 0. The predicted octanol–water partition coefficient (Wildman–Crippen LogP) is 0.887. The van der Waals surface area contributed by atoms with Crippen LogP contribution in [0.15, 0.2) is 12.0 Å². The molecule has 0 bridgehead atoms. The van der Waals surface area contributed by atoms with Crippen molar-refractivity contribution in [2.24, 2.45) is 0 Å². The van der Waals surface area contributed by atoms with Crippen LogP contribution < -0.4 is 0 Å². The number of carbonyl (C=O) groups is 1. The summed E-state index contributed by atoms with van der Waals surface area (Å²) < 4.78 is 23.5. The first-order chi connectivity index (χ1) is 7.69. The monoisotopic (exact) mass is 232 g/mol. The maximum atomic E-state index is 13.2. The van der Waals surface area contributed by atoms with E-state index >= 15 is 0 Å². The second kappa shape index (κ2) is 6.44. The van der Waals surface area contributed by atoms with Gasteiger partial charge >= 0.3 is 0 Å². The SMILES string of the molecule is CCOCN1C=C(F)C(=O)N(COCC)C1. The molecule has 1 amide bonds. The van der Waals surface area contributed by atoms with Crippen molar-refractivity contribution in [3.63, 3.8) is 0 Å². The number of hydrogen-bond donors (Lipinski definition) is 0. The van der Waals surface area contributed by atoms with Crippen LogP contribution in [0, 0.1) is 0 Å². The van der Waals surface area contributed by atoms with Gasteiger partial charge in [-0.2, -0.15) is 4.39 Å². The molecule has 0 fully saturated rings. The van der Waals surface area contributed by atoms with Gasteiger partial charge in [0.15, 0.2) is 0 Å². The lowest BCUT2D eigenvalue weighted by atomic mass is 10.4. The Morgan fingerprint density at radius 3 is 2.56 bits per heavy atom.